The molecule has 3 aliphatic rings. The maximum atomic E-state index is 14.2. The fourth-order valence-electron chi connectivity index (χ4n) is 9.12. The fourth-order valence-corrected chi connectivity index (χ4v) is 9.80. The van der Waals surface area contributed by atoms with Crippen molar-refractivity contribution in [3.8, 4) is 11.5 Å². The highest BCUT2D eigenvalue weighted by atomic mass is 32.1. The normalized spacial score (nSPS) is 17.1. The summed E-state index contributed by atoms with van der Waals surface area (Å²) in [6.07, 6.45) is 0.984. The first-order valence-electron chi connectivity index (χ1n) is 26.8. The number of thiazole rings is 1. The zero-order valence-corrected chi connectivity index (χ0v) is 46.6. The number of rotatable bonds is 22. The molecule has 0 radical (unpaired) electrons. The van der Waals surface area contributed by atoms with E-state index in [0.717, 1.165) is 33.6 Å². The van der Waals surface area contributed by atoms with Crippen LogP contribution in [0.2, 0.25) is 0 Å². The van der Waals surface area contributed by atoms with Gasteiger partial charge in [-0.05, 0) is 49.4 Å². The second-order valence-electron chi connectivity index (χ2n) is 20.9. The number of β-lactam (4-membered cyclic amide) rings is 1. The largest absolute Gasteiger partial charge is 0.484 e. The maximum absolute atomic E-state index is 14.2. The van der Waals surface area contributed by atoms with Gasteiger partial charge in [-0.1, -0.05) is 132 Å². The van der Waals surface area contributed by atoms with Crippen molar-refractivity contribution in [3.05, 3.63) is 190 Å². The third kappa shape index (κ3) is 13.9. The second-order valence-corrected chi connectivity index (χ2v) is 21.7. The monoisotopic (exact) mass is 1150 g/mol. The van der Waals surface area contributed by atoms with Crippen molar-refractivity contribution < 1.29 is 66.6 Å². The molecule has 10 rings (SSSR count). The average Bonchev–Trinajstić information content (AvgIpc) is 4.03. The summed E-state index contributed by atoms with van der Waals surface area (Å²) in [7, 11) is 1.45. The topological polar surface area (TPSA) is 264 Å². The van der Waals surface area contributed by atoms with E-state index in [4.69, 9.17) is 33.1 Å². The Balaban J connectivity index is 0.780. The van der Waals surface area contributed by atoms with Gasteiger partial charge < -0.3 is 49.2 Å². The molecule has 3 aromatic heterocycles. The molecule has 0 unspecified atom stereocenters. The van der Waals surface area contributed by atoms with E-state index in [2.05, 4.69) is 36.6 Å². The van der Waals surface area contributed by atoms with Gasteiger partial charge in [-0.25, -0.2) is 14.6 Å². The molecule has 2 saturated heterocycles. The number of nitrogens with one attached hydrogen (secondary N) is 4. The van der Waals surface area contributed by atoms with Crippen LogP contribution in [0, 0.1) is 0 Å². The standard InChI is InChI=1S/C60H59N9O13S/c1-59(2,3)80-58(75)65-57-63-44(36-83-57)50(67-82-60(26-27-60)56(74)79-51(39-21-13-7-14-22-39)40-23-15-8-16-24-40)54(72)64-49-43(62-53(49)71)31-61-52(70)47-29-42(66-81-47)41-25-28-68(32-41)55(73)45-30-46(77-34-37-17-9-5-10-18-37)48(33-69(45)76-4)78-35-38-19-11-6-12-20-38/h5-24,29-30,33,36,41,43,49,51H,25-28,31-32,34-35H2,1-4H3,(H3-,61,62,63,64,65,70,71,72,75)/p+1/b67-50-/t41-,43+,49-/m0/s1. The third-order valence-corrected chi connectivity index (χ3v) is 14.4. The number of hydrogen-bond acceptors (Lipinski definition) is 17. The van der Waals surface area contributed by atoms with E-state index in [0.29, 0.717) is 30.2 Å². The van der Waals surface area contributed by atoms with Gasteiger partial charge in [0, 0.05) is 54.6 Å². The summed E-state index contributed by atoms with van der Waals surface area (Å²) in [6, 6.07) is 38.8. The molecule has 428 valence electrons. The predicted octanol–water partition coefficient (Wildman–Crippen LogP) is 6.61. The molecule has 1 aliphatic carbocycles. The number of ether oxygens (including phenoxy) is 4. The highest BCUT2D eigenvalue weighted by Gasteiger charge is 2.57. The number of benzene rings is 4. The van der Waals surface area contributed by atoms with Crippen molar-refractivity contribution in [2.45, 2.75) is 88.6 Å². The summed E-state index contributed by atoms with van der Waals surface area (Å²) in [5, 5.41) is 20.5. The van der Waals surface area contributed by atoms with Gasteiger partial charge >= 0.3 is 23.7 Å². The lowest BCUT2D eigenvalue weighted by Crippen LogP contribution is -2.72. The van der Waals surface area contributed by atoms with Gasteiger partial charge in [0.25, 0.3) is 18.0 Å². The molecule has 3 fully saturated rings. The van der Waals surface area contributed by atoms with Crippen LogP contribution in [0.25, 0.3) is 0 Å². The second kappa shape index (κ2) is 25.0. The number of esters is 1. The van der Waals surface area contributed by atoms with Crippen molar-refractivity contribution in [1.29, 1.82) is 0 Å². The zero-order valence-electron chi connectivity index (χ0n) is 45.8. The zero-order chi connectivity index (χ0) is 58.1. The van der Waals surface area contributed by atoms with E-state index >= 15 is 0 Å². The Morgan fingerprint density at radius 3 is 2.10 bits per heavy atom. The summed E-state index contributed by atoms with van der Waals surface area (Å²) in [6.45, 7) is 6.05. The SMILES string of the molecule is CO[n+]1cc(OCc2ccccc2)c(OCc2ccccc2)cc1C(=O)N1CC[C@H](c2cc(C(=O)NC[C@H]3NC(=O)[C@H]3NC(=O)/C(=N\OC3(C(=O)OC(c4ccccc4)c4ccccc4)CC3)c3csc(NC(=O)OC(C)(C)C)n3)on2)C1. The van der Waals surface area contributed by atoms with Crippen LogP contribution in [0.5, 0.6) is 11.5 Å². The van der Waals surface area contributed by atoms with E-state index in [-0.39, 0.29) is 73.2 Å². The summed E-state index contributed by atoms with van der Waals surface area (Å²) < 4.78 is 30.8. The number of aromatic nitrogens is 3. The van der Waals surface area contributed by atoms with Crippen LogP contribution < -0.4 is 40.3 Å². The number of oxime groups is 1. The number of hydrogen-bond donors (Lipinski definition) is 4. The van der Waals surface area contributed by atoms with E-state index < -0.39 is 64.9 Å². The quantitative estimate of drug-likeness (QED) is 0.0183. The molecule has 3 atom stereocenters. The molecule has 4 N–H and O–H groups in total. The number of amides is 5. The van der Waals surface area contributed by atoms with Crippen molar-refractivity contribution in [2.75, 3.05) is 32.1 Å². The Morgan fingerprint density at radius 1 is 0.867 bits per heavy atom. The van der Waals surface area contributed by atoms with E-state index in [1.807, 2.05) is 121 Å². The van der Waals surface area contributed by atoms with Crippen LogP contribution >= 0.6 is 11.3 Å². The highest BCUT2D eigenvalue weighted by molar-refractivity contribution is 7.14. The van der Waals surface area contributed by atoms with Gasteiger partial charge in [0.15, 0.2) is 22.7 Å². The van der Waals surface area contributed by atoms with Crippen molar-refractivity contribution >= 4 is 57.9 Å². The fraction of sp³-hybridized carbons (Fsp3) is 0.300. The van der Waals surface area contributed by atoms with Crippen LogP contribution in [-0.4, -0.2) is 106 Å². The molecule has 4 aromatic carbocycles. The minimum Gasteiger partial charge on any atom is -0.484 e. The number of likely N-dealkylation sites (tertiary alicyclic amines) is 1. The van der Waals surface area contributed by atoms with Crippen LogP contribution in [-0.2, 0) is 41.9 Å². The van der Waals surface area contributed by atoms with Crippen LogP contribution in [0.1, 0.15) is 107 Å². The summed E-state index contributed by atoms with van der Waals surface area (Å²) >= 11 is 0.968. The molecular formula is C60H60N9O13S+. The first-order chi connectivity index (χ1) is 40.1. The van der Waals surface area contributed by atoms with Crippen molar-refractivity contribution in [2.24, 2.45) is 5.16 Å². The number of carbonyl (C=O) groups excluding carboxylic acids is 6. The number of pyridine rings is 1. The van der Waals surface area contributed by atoms with E-state index in [9.17, 15) is 28.8 Å². The first-order valence-corrected chi connectivity index (χ1v) is 27.7. The molecule has 5 amide bonds. The van der Waals surface area contributed by atoms with E-state index in [1.54, 1.807) is 37.9 Å². The Kier molecular flexibility index (Phi) is 17.1. The Labute approximate surface area is 481 Å². The van der Waals surface area contributed by atoms with Crippen molar-refractivity contribution in [1.82, 2.24) is 31.0 Å². The van der Waals surface area contributed by atoms with Crippen molar-refractivity contribution in [3.63, 3.8) is 0 Å². The van der Waals surface area contributed by atoms with Gasteiger partial charge in [-0.3, -0.25) is 29.3 Å². The van der Waals surface area contributed by atoms with Gasteiger partial charge in [-0.2, -0.15) is 0 Å². The molecule has 83 heavy (non-hydrogen) atoms. The molecule has 2 aliphatic heterocycles. The van der Waals surface area contributed by atoms with Crippen LogP contribution in [0.4, 0.5) is 9.93 Å². The summed E-state index contributed by atoms with van der Waals surface area (Å²) in [5.74, 6) is -2.82. The summed E-state index contributed by atoms with van der Waals surface area (Å²) in [4.78, 5) is 99.3. The Bertz CT molecular complexity index is 3460. The highest BCUT2D eigenvalue weighted by Crippen LogP contribution is 2.43. The average molecular weight is 1150 g/mol. The minimum absolute atomic E-state index is 0.0505. The lowest BCUT2D eigenvalue weighted by Gasteiger charge is -2.37. The molecule has 0 bridgehead atoms. The molecule has 5 heterocycles. The lowest BCUT2D eigenvalue weighted by atomic mass is 9.98. The van der Waals surface area contributed by atoms with Gasteiger partial charge in [0.05, 0.1) is 17.8 Å². The molecule has 7 aromatic rings. The Hall–Kier alpha value is -9.64. The maximum Gasteiger partial charge on any atom is 0.413 e. The molecular weight excluding hydrogens is 1090 g/mol. The number of anilines is 1. The molecule has 22 nitrogen and oxygen atoms in total. The smallest absolute Gasteiger partial charge is 0.413 e. The lowest BCUT2D eigenvalue weighted by molar-refractivity contribution is -0.886. The number of nitrogens with zero attached hydrogens (tertiary/aromatic N) is 5. The Morgan fingerprint density at radius 2 is 1.49 bits per heavy atom. The van der Waals surface area contributed by atoms with Gasteiger partial charge in [0.1, 0.15) is 37.7 Å². The van der Waals surface area contributed by atoms with Gasteiger partial charge in [-0.15, -0.1) is 11.3 Å². The molecule has 1 saturated carbocycles. The van der Waals surface area contributed by atoms with Crippen LogP contribution in [0.15, 0.2) is 155 Å². The summed E-state index contributed by atoms with van der Waals surface area (Å²) in [5.41, 5.74) is 1.15. The first kappa shape index (κ1) is 56.6. The molecule has 23 heteroatoms. The number of carbonyl (C=O) groups is 6. The molecule has 0 spiro atoms. The third-order valence-electron chi connectivity index (χ3n) is 13.7. The predicted molar refractivity (Wildman–Crippen MR) is 299 cm³/mol. The van der Waals surface area contributed by atoms with E-state index in [1.165, 1.54) is 23.3 Å². The minimum atomic E-state index is -1.54. The van der Waals surface area contributed by atoms with Crippen LogP contribution in [0.3, 0.4) is 0 Å². The van der Waals surface area contributed by atoms with Gasteiger partial charge in [0.2, 0.25) is 23.0 Å².